The summed E-state index contributed by atoms with van der Waals surface area (Å²) in [6, 6.07) is 0. The monoisotopic (exact) mass is 334 g/mol. The zero-order valence-electron chi connectivity index (χ0n) is 16.2. The number of hydrogen-bond acceptors (Lipinski definition) is 4. The lowest BCUT2D eigenvalue weighted by Gasteiger charge is -2.33. The van der Waals surface area contributed by atoms with E-state index in [1.165, 1.54) is 19.8 Å². The van der Waals surface area contributed by atoms with Gasteiger partial charge in [0.15, 0.2) is 0 Å². The van der Waals surface area contributed by atoms with Crippen molar-refractivity contribution in [2.24, 2.45) is 11.3 Å². The lowest BCUT2D eigenvalue weighted by Crippen LogP contribution is -2.33. The van der Waals surface area contributed by atoms with Gasteiger partial charge in [-0.05, 0) is 32.6 Å². The quantitative estimate of drug-likeness (QED) is 0.512. The summed E-state index contributed by atoms with van der Waals surface area (Å²) >= 11 is 0. The first-order valence-corrected chi connectivity index (χ1v) is 8.50. The van der Waals surface area contributed by atoms with Crippen molar-refractivity contribution >= 4 is 11.6 Å². The Morgan fingerprint density at radius 1 is 1.12 bits per heavy atom. The Hall–Kier alpha value is -1.84. The van der Waals surface area contributed by atoms with Crippen molar-refractivity contribution in [3.63, 3.8) is 0 Å². The van der Waals surface area contributed by atoms with Crippen LogP contribution in [-0.4, -0.2) is 25.8 Å². The molecule has 0 aromatic carbocycles. The molecule has 134 valence electrons. The minimum Gasteiger partial charge on any atom is -0.489 e. The molecule has 2 atom stereocenters. The Kier molecular flexibility index (Phi) is 6.58. The smallest absolute Gasteiger partial charge is 0.228 e. The van der Waals surface area contributed by atoms with Crippen LogP contribution in [0.25, 0.3) is 0 Å². The number of allylic oxidation sites excluding steroid dienone is 4. The van der Waals surface area contributed by atoms with E-state index in [1.807, 2.05) is 13.8 Å². The van der Waals surface area contributed by atoms with Crippen LogP contribution < -0.4 is 0 Å². The Morgan fingerprint density at radius 2 is 1.62 bits per heavy atom. The Morgan fingerprint density at radius 3 is 2.04 bits per heavy atom. The van der Waals surface area contributed by atoms with E-state index in [0.29, 0.717) is 23.5 Å². The van der Waals surface area contributed by atoms with Crippen molar-refractivity contribution in [1.29, 1.82) is 0 Å². The highest BCUT2D eigenvalue weighted by Gasteiger charge is 2.42. The van der Waals surface area contributed by atoms with Gasteiger partial charge in [0.1, 0.15) is 0 Å². The van der Waals surface area contributed by atoms with Gasteiger partial charge in [-0.2, -0.15) is 0 Å². The summed E-state index contributed by atoms with van der Waals surface area (Å²) in [5.74, 6) is -0.123. The van der Waals surface area contributed by atoms with Crippen LogP contribution >= 0.6 is 0 Å². The third kappa shape index (κ3) is 3.47. The fourth-order valence-corrected chi connectivity index (χ4v) is 3.15. The molecule has 0 heterocycles. The van der Waals surface area contributed by atoms with Crippen molar-refractivity contribution in [2.75, 3.05) is 14.2 Å². The predicted molar refractivity (Wildman–Crippen MR) is 95.4 cm³/mol. The second kappa shape index (κ2) is 7.82. The van der Waals surface area contributed by atoms with E-state index in [9.17, 15) is 9.59 Å². The van der Waals surface area contributed by atoms with Crippen LogP contribution in [0.1, 0.15) is 54.4 Å². The number of carbonyl (C=O) groups is 2. The van der Waals surface area contributed by atoms with Crippen molar-refractivity contribution in [3.05, 3.63) is 34.3 Å². The van der Waals surface area contributed by atoms with Crippen LogP contribution in [0.2, 0.25) is 0 Å². The second-order valence-electron chi connectivity index (χ2n) is 6.69. The van der Waals surface area contributed by atoms with E-state index in [1.54, 1.807) is 6.92 Å². The minimum atomic E-state index is -0.520. The molecule has 4 nitrogen and oxygen atoms in total. The highest BCUT2D eigenvalue weighted by molar-refractivity contribution is 6.24. The zero-order valence-corrected chi connectivity index (χ0v) is 16.2. The molecule has 1 rings (SSSR count). The number of ketones is 2. The molecule has 0 spiro atoms. The molecule has 0 aliphatic heterocycles. The van der Waals surface area contributed by atoms with Gasteiger partial charge >= 0.3 is 0 Å². The molecule has 24 heavy (non-hydrogen) atoms. The average Bonchev–Trinajstić information content (AvgIpc) is 2.56. The summed E-state index contributed by atoms with van der Waals surface area (Å²) < 4.78 is 10.3. The summed E-state index contributed by atoms with van der Waals surface area (Å²) in [6.07, 6.45) is 3.88. The number of ether oxygens (including phenoxy) is 2. The number of hydrogen-bond donors (Lipinski definition) is 0. The number of rotatable bonds is 7. The van der Waals surface area contributed by atoms with Gasteiger partial charge < -0.3 is 9.47 Å². The summed E-state index contributed by atoms with van der Waals surface area (Å²) in [7, 11) is 2.77. The van der Waals surface area contributed by atoms with Gasteiger partial charge in [0.05, 0.1) is 14.2 Å². The molecular weight excluding hydrogens is 304 g/mol. The largest absolute Gasteiger partial charge is 0.489 e. The molecule has 0 saturated heterocycles. The minimum absolute atomic E-state index is 0.00244. The summed E-state index contributed by atoms with van der Waals surface area (Å²) in [6.45, 7) is 12.1. The molecular formula is C20H30O4. The van der Waals surface area contributed by atoms with E-state index in [2.05, 4.69) is 26.8 Å². The number of Topliss-reactive ketones (excluding diaryl/α,β-unsaturated/α-hetero) is 2. The van der Waals surface area contributed by atoms with Gasteiger partial charge in [0.25, 0.3) is 0 Å². The zero-order chi connectivity index (χ0) is 18.7. The van der Waals surface area contributed by atoms with Crippen molar-refractivity contribution in [2.45, 2.75) is 54.4 Å². The van der Waals surface area contributed by atoms with Crippen LogP contribution in [0, 0.1) is 11.3 Å². The van der Waals surface area contributed by atoms with E-state index in [4.69, 9.17) is 9.47 Å². The standard InChI is InChI=1S/C20H30O4/c1-9-12(3)13(4)11-20(6,10-2)15-14(5)16(21)18(23-7)19(24-8)17(15)22/h11-12H,9-10H2,1-8H3/b13-11+. The lowest BCUT2D eigenvalue weighted by molar-refractivity contribution is -0.121. The normalized spacial score (nSPS) is 20.2. The van der Waals surface area contributed by atoms with E-state index in [0.717, 1.165) is 6.42 Å². The Bertz CT molecular complexity index is 622. The molecule has 4 heteroatoms. The topological polar surface area (TPSA) is 52.6 Å². The van der Waals surface area contributed by atoms with Crippen LogP contribution in [0.3, 0.4) is 0 Å². The van der Waals surface area contributed by atoms with Crippen LogP contribution in [0.5, 0.6) is 0 Å². The second-order valence-corrected chi connectivity index (χ2v) is 6.69. The van der Waals surface area contributed by atoms with E-state index >= 15 is 0 Å². The highest BCUT2D eigenvalue weighted by Crippen LogP contribution is 2.41. The molecule has 2 unspecified atom stereocenters. The molecule has 0 bridgehead atoms. The third-order valence-corrected chi connectivity index (χ3v) is 5.21. The van der Waals surface area contributed by atoms with Gasteiger partial charge in [-0.15, -0.1) is 0 Å². The molecule has 0 saturated carbocycles. The van der Waals surface area contributed by atoms with Gasteiger partial charge in [-0.3, -0.25) is 9.59 Å². The van der Waals surface area contributed by atoms with Crippen LogP contribution in [-0.2, 0) is 19.1 Å². The van der Waals surface area contributed by atoms with Crippen molar-refractivity contribution in [1.82, 2.24) is 0 Å². The highest BCUT2D eigenvalue weighted by atomic mass is 16.5. The van der Waals surface area contributed by atoms with E-state index in [-0.39, 0.29) is 23.1 Å². The summed E-state index contributed by atoms with van der Waals surface area (Å²) in [5, 5.41) is 0. The van der Waals surface area contributed by atoms with Gasteiger partial charge in [-0.25, -0.2) is 0 Å². The average molecular weight is 334 g/mol. The van der Waals surface area contributed by atoms with Gasteiger partial charge in [0, 0.05) is 16.6 Å². The van der Waals surface area contributed by atoms with Gasteiger partial charge in [-0.1, -0.05) is 39.3 Å². The number of carbonyl (C=O) groups excluding carboxylic acids is 2. The SMILES string of the molecule is CCC(C)/C(C)=C/C(C)(CC)C1=C(C)C(=O)C(OC)=C(OC)C1=O. The lowest BCUT2D eigenvalue weighted by atomic mass is 9.71. The first-order valence-electron chi connectivity index (χ1n) is 8.50. The maximum atomic E-state index is 13.0. The van der Waals surface area contributed by atoms with Crippen LogP contribution in [0.4, 0.5) is 0 Å². The fraction of sp³-hybridized carbons (Fsp3) is 0.600. The van der Waals surface area contributed by atoms with Gasteiger partial charge in [0.2, 0.25) is 23.1 Å². The molecule has 0 aromatic heterocycles. The molecule has 0 fully saturated rings. The van der Waals surface area contributed by atoms with Crippen molar-refractivity contribution < 1.29 is 19.1 Å². The van der Waals surface area contributed by atoms with Crippen LogP contribution in [0.15, 0.2) is 34.3 Å². The maximum absolute atomic E-state index is 13.0. The molecule has 0 radical (unpaired) electrons. The first-order chi connectivity index (χ1) is 11.2. The molecule has 0 aromatic rings. The molecule has 1 aliphatic rings. The Labute approximate surface area is 145 Å². The molecule has 0 N–H and O–H groups in total. The molecule has 0 amide bonds. The van der Waals surface area contributed by atoms with Crippen molar-refractivity contribution in [3.8, 4) is 0 Å². The van der Waals surface area contributed by atoms with E-state index < -0.39 is 5.41 Å². The summed E-state index contributed by atoms with van der Waals surface area (Å²) in [5.41, 5.74) is 1.65. The Balaban J connectivity index is 3.54. The predicted octanol–water partition coefficient (Wildman–Crippen LogP) is 4.37. The fourth-order valence-electron chi connectivity index (χ4n) is 3.15. The summed E-state index contributed by atoms with van der Waals surface area (Å²) in [4.78, 5) is 25.6. The number of methoxy groups -OCH3 is 2. The maximum Gasteiger partial charge on any atom is 0.228 e. The first kappa shape index (κ1) is 20.2. The third-order valence-electron chi connectivity index (χ3n) is 5.21. The molecule has 1 aliphatic carbocycles.